The van der Waals surface area contributed by atoms with Crippen LogP contribution in [-0.4, -0.2) is 5.78 Å². The number of ketones is 1. The largest absolute Gasteiger partial charge is 0.294 e. The topological polar surface area (TPSA) is 17.1 Å². The van der Waals surface area contributed by atoms with Gasteiger partial charge in [0.05, 0.1) is 0 Å². The quantitative estimate of drug-likeness (QED) is 0.762. The van der Waals surface area contributed by atoms with Crippen molar-refractivity contribution in [3.63, 3.8) is 0 Å². The van der Waals surface area contributed by atoms with Crippen LogP contribution in [-0.2, 0) is 6.42 Å². The highest BCUT2D eigenvalue weighted by Gasteiger charge is 2.13. The Morgan fingerprint density at radius 2 is 1.74 bits per heavy atom. The van der Waals surface area contributed by atoms with Gasteiger partial charge in [0.1, 0.15) is 11.6 Å². The molecule has 1 nitrogen and oxygen atoms in total. The molecule has 19 heavy (non-hydrogen) atoms. The summed E-state index contributed by atoms with van der Waals surface area (Å²) >= 11 is 3.28. The molecule has 0 aliphatic rings. The van der Waals surface area contributed by atoms with E-state index < -0.39 is 0 Å². The zero-order chi connectivity index (χ0) is 14.0. The summed E-state index contributed by atoms with van der Waals surface area (Å²) in [4.78, 5) is 12.1. The van der Waals surface area contributed by atoms with Crippen molar-refractivity contribution in [1.29, 1.82) is 0 Å². The van der Waals surface area contributed by atoms with Crippen LogP contribution in [0.15, 0.2) is 40.9 Å². The number of benzene rings is 2. The Kier molecular flexibility index (Phi) is 4.10. The van der Waals surface area contributed by atoms with Crippen LogP contribution in [0.5, 0.6) is 0 Å². The van der Waals surface area contributed by atoms with Crippen molar-refractivity contribution in [1.82, 2.24) is 0 Å². The van der Waals surface area contributed by atoms with E-state index in [-0.39, 0.29) is 23.8 Å². The zero-order valence-corrected chi connectivity index (χ0v) is 11.8. The summed E-state index contributed by atoms with van der Waals surface area (Å²) in [5.41, 5.74) is 1.61. The fraction of sp³-hybridized carbons (Fsp3) is 0.133. The molecule has 0 aromatic heterocycles. The molecular weight excluding hydrogens is 314 g/mol. The molecule has 2 aromatic rings. The molecule has 0 atom stereocenters. The lowest BCUT2D eigenvalue weighted by atomic mass is 9.99. The summed E-state index contributed by atoms with van der Waals surface area (Å²) in [6.07, 6.45) is 0.0742. The van der Waals surface area contributed by atoms with Crippen molar-refractivity contribution in [2.24, 2.45) is 0 Å². The Bertz CT molecular complexity index is 638. The Labute approximate surface area is 118 Å². The molecule has 0 heterocycles. The van der Waals surface area contributed by atoms with Crippen LogP contribution < -0.4 is 0 Å². The first kappa shape index (κ1) is 13.9. The van der Waals surface area contributed by atoms with Crippen LogP contribution >= 0.6 is 15.9 Å². The maximum atomic E-state index is 13.2. The average molecular weight is 325 g/mol. The minimum atomic E-state index is -0.387. The lowest BCUT2D eigenvalue weighted by Crippen LogP contribution is -2.06. The van der Waals surface area contributed by atoms with Gasteiger partial charge in [-0.3, -0.25) is 4.79 Å². The van der Waals surface area contributed by atoms with Gasteiger partial charge < -0.3 is 0 Å². The summed E-state index contributed by atoms with van der Waals surface area (Å²) in [5, 5.41) is 0. The molecule has 2 rings (SSSR count). The predicted molar refractivity (Wildman–Crippen MR) is 73.3 cm³/mol. The lowest BCUT2D eigenvalue weighted by Gasteiger charge is -2.07. The van der Waals surface area contributed by atoms with Crippen molar-refractivity contribution < 1.29 is 13.6 Å². The monoisotopic (exact) mass is 324 g/mol. The first-order chi connectivity index (χ1) is 8.97. The zero-order valence-electron chi connectivity index (χ0n) is 10.2. The molecule has 0 unspecified atom stereocenters. The number of hydrogen-bond acceptors (Lipinski definition) is 1. The van der Waals surface area contributed by atoms with Crippen LogP contribution in [0.4, 0.5) is 8.78 Å². The maximum Gasteiger partial charge on any atom is 0.167 e. The third-order valence-corrected chi connectivity index (χ3v) is 3.62. The second-order valence-corrected chi connectivity index (χ2v) is 5.15. The van der Waals surface area contributed by atoms with E-state index in [0.29, 0.717) is 21.2 Å². The Morgan fingerprint density at radius 1 is 1.11 bits per heavy atom. The van der Waals surface area contributed by atoms with Crippen molar-refractivity contribution in [3.05, 3.63) is 69.2 Å². The average Bonchev–Trinajstić information content (AvgIpc) is 2.33. The fourth-order valence-electron chi connectivity index (χ4n) is 1.89. The van der Waals surface area contributed by atoms with Crippen molar-refractivity contribution in [2.75, 3.05) is 0 Å². The lowest BCUT2D eigenvalue weighted by molar-refractivity contribution is 0.0992. The summed E-state index contributed by atoms with van der Waals surface area (Å²) in [6.45, 7) is 1.68. The van der Waals surface area contributed by atoms with Crippen molar-refractivity contribution in [3.8, 4) is 0 Å². The normalized spacial score (nSPS) is 10.5. The van der Waals surface area contributed by atoms with Crippen molar-refractivity contribution >= 4 is 21.7 Å². The summed E-state index contributed by atoms with van der Waals surface area (Å²) in [5.74, 6) is -0.924. The SMILES string of the molecule is Cc1cc(F)ccc1C(=O)Cc1cc(F)ccc1Br. The van der Waals surface area contributed by atoms with E-state index in [2.05, 4.69) is 15.9 Å². The molecule has 0 spiro atoms. The molecule has 0 saturated heterocycles. The number of hydrogen-bond donors (Lipinski definition) is 0. The van der Waals surface area contributed by atoms with Crippen LogP contribution in [0, 0.1) is 18.6 Å². The third kappa shape index (κ3) is 3.26. The van der Waals surface area contributed by atoms with E-state index in [1.807, 2.05) is 0 Å². The molecular formula is C15H11BrF2O. The standard InChI is InChI=1S/C15H11BrF2O/c1-9-6-11(17)2-4-13(9)15(19)8-10-7-12(18)3-5-14(10)16/h2-7H,8H2,1H3. The minimum Gasteiger partial charge on any atom is -0.294 e. The van der Waals surface area contributed by atoms with E-state index in [4.69, 9.17) is 0 Å². The Morgan fingerprint density at radius 3 is 2.42 bits per heavy atom. The molecule has 4 heteroatoms. The molecule has 0 radical (unpaired) electrons. The number of rotatable bonds is 3. The smallest absolute Gasteiger partial charge is 0.167 e. The van der Waals surface area contributed by atoms with Gasteiger partial charge in [-0.2, -0.15) is 0 Å². The van der Waals surface area contributed by atoms with E-state index in [0.717, 1.165) is 0 Å². The highest BCUT2D eigenvalue weighted by Crippen LogP contribution is 2.21. The van der Waals surface area contributed by atoms with Gasteiger partial charge in [0, 0.05) is 16.5 Å². The Balaban J connectivity index is 2.28. The molecule has 0 fully saturated rings. The van der Waals surface area contributed by atoms with Crippen LogP contribution in [0.1, 0.15) is 21.5 Å². The molecule has 2 aromatic carbocycles. The van der Waals surface area contributed by atoms with Gasteiger partial charge in [-0.05, 0) is 54.4 Å². The molecule has 0 amide bonds. The maximum absolute atomic E-state index is 13.2. The summed E-state index contributed by atoms with van der Waals surface area (Å²) < 4.78 is 26.8. The van der Waals surface area contributed by atoms with E-state index in [9.17, 15) is 13.6 Å². The molecule has 98 valence electrons. The van der Waals surface area contributed by atoms with E-state index in [1.54, 1.807) is 13.0 Å². The third-order valence-electron chi connectivity index (χ3n) is 2.85. The van der Waals surface area contributed by atoms with Gasteiger partial charge in [0.2, 0.25) is 0 Å². The van der Waals surface area contributed by atoms with E-state index in [1.165, 1.54) is 30.3 Å². The fourth-order valence-corrected chi connectivity index (χ4v) is 2.27. The summed E-state index contributed by atoms with van der Waals surface area (Å²) in [6, 6.07) is 8.23. The number of halogens is 3. The van der Waals surface area contributed by atoms with Gasteiger partial charge in [-0.1, -0.05) is 15.9 Å². The second kappa shape index (κ2) is 5.61. The van der Waals surface area contributed by atoms with Gasteiger partial charge in [-0.25, -0.2) is 8.78 Å². The number of aryl methyl sites for hydroxylation is 1. The number of carbonyl (C=O) groups is 1. The number of Topliss-reactive ketones (excluding diaryl/α,β-unsaturated/α-hetero) is 1. The van der Waals surface area contributed by atoms with Gasteiger partial charge in [0.25, 0.3) is 0 Å². The Hall–Kier alpha value is -1.55. The second-order valence-electron chi connectivity index (χ2n) is 4.29. The summed E-state index contributed by atoms with van der Waals surface area (Å²) in [7, 11) is 0. The predicted octanol–water partition coefficient (Wildman–Crippen LogP) is 4.46. The first-order valence-electron chi connectivity index (χ1n) is 5.70. The first-order valence-corrected chi connectivity index (χ1v) is 6.50. The van der Waals surface area contributed by atoms with Gasteiger partial charge in [0.15, 0.2) is 5.78 Å². The number of carbonyl (C=O) groups excluding carboxylic acids is 1. The molecule has 0 aliphatic carbocycles. The van der Waals surface area contributed by atoms with Crippen molar-refractivity contribution in [2.45, 2.75) is 13.3 Å². The highest BCUT2D eigenvalue weighted by molar-refractivity contribution is 9.10. The van der Waals surface area contributed by atoms with Gasteiger partial charge in [-0.15, -0.1) is 0 Å². The molecule has 0 bridgehead atoms. The van der Waals surface area contributed by atoms with Gasteiger partial charge >= 0.3 is 0 Å². The minimum absolute atomic E-state index is 0.0742. The van der Waals surface area contributed by atoms with Crippen LogP contribution in [0.3, 0.4) is 0 Å². The highest BCUT2D eigenvalue weighted by atomic mass is 79.9. The van der Waals surface area contributed by atoms with Crippen LogP contribution in [0.25, 0.3) is 0 Å². The molecule has 0 aliphatic heterocycles. The van der Waals surface area contributed by atoms with Crippen LogP contribution in [0.2, 0.25) is 0 Å². The molecule has 0 N–H and O–H groups in total. The van der Waals surface area contributed by atoms with E-state index >= 15 is 0 Å². The molecule has 0 saturated carbocycles.